The van der Waals surface area contributed by atoms with Gasteiger partial charge in [0.2, 0.25) is 5.91 Å². The molecule has 0 aliphatic carbocycles. The molecule has 168 valence electrons. The molecule has 0 radical (unpaired) electrons. The number of benzene rings is 1. The summed E-state index contributed by atoms with van der Waals surface area (Å²) in [4.78, 5) is 44.0. The number of para-hydroxylation sites is 1. The Morgan fingerprint density at radius 1 is 1.32 bits per heavy atom. The van der Waals surface area contributed by atoms with Crippen LogP contribution in [0.25, 0.3) is 0 Å². The summed E-state index contributed by atoms with van der Waals surface area (Å²) in [6.07, 6.45) is 2.56. The predicted octanol–water partition coefficient (Wildman–Crippen LogP) is 1.35. The number of carbonyl (C=O) groups excluding carboxylic acids is 1. The largest absolute Gasteiger partial charge is 0.383 e. The molecule has 1 aliphatic heterocycles. The Bertz CT molecular complexity index is 1040. The van der Waals surface area contributed by atoms with Gasteiger partial charge in [-0.15, -0.1) is 0 Å². The number of aryl methyl sites for hydroxylation is 1. The van der Waals surface area contributed by atoms with Crippen molar-refractivity contribution < 1.29 is 9.53 Å². The smallest absolute Gasteiger partial charge is 0.330 e. The highest BCUT2D eigenvalue weighted by molar-refractivity contribution is 5.98. The SMILES string of the molecule is CCCn1c(N)c(N(CCOC)C(=O)CN2c3ccccc3CC[C@H]2C)c(=O)[nH]c1=O. The number of fused-ring (bicyclic) bond motifs is 1. The van der Waals surface area contributed by atoms with E-state index in [2.05, 4.69) is 22.9 Å². The molecule has 2 heterocycles. The fourth-order valence-electron chi connectivity index (χ4n) is 4.06. The number of rotatable bonds is 8. The zero-order valence-electron chi connectivity index (χ0n) is 18.4. The standard InChI is InChI=1S/C22H31N5O4/c1-4-11-26-20(23)19(21(29)24-22(26)30)25(12-13-31-3)18(28)14-27-15(2)9-10-16-7-5-6-8-17(16)27/h5-8,15H,4,9-14,23H2,1-3H3,(H,24,29,30)/t15-/m1/s1. The molecule has 0 saturated carbocycles. The van der Waals surface area contributed by atoms with Gasteiger partial charge in [0.05, 0.1) is 13.2 Å². The first-order valence-electron chi connectivity index (χ1n) is 10.7. The minimum Gasteiger partial charge on any atom is -0.383 e. The Hall–Kier alpha value is -3.07. The van der Waals surface area contributed by atoms with Crippen molar-refractivity contribution in [1.82, 2.24) is 9.55 Å². The van der Waals surface area contributed by atoms with Crippen molar-refractivity contribution in [3.05, 3.63) is 50.7 Å². The summed E-state index contributed by atoms with van der Waals surface area (Å²) < 4.78 is 6.46. The lowest BCUT2D eigenvalue weighted by atomic mass is 9.96. The number of nitrogens with zero attached hydrogens (tertiary/aromatic N) is 3. The number of aromatic amines is 1. The summed E-state index contributed by atoms with van der Waals surface area (Å²) in [5.41, 5.74) is 7.18. The van der Waals surface area contributed by atoms with Gasteiger partial charge in [0.15, 0.2) is 5.69 Å². The Morgan fingerprint density at radius 2 is 2.06 bits per heavy atom. The molecule has 1 aliphatic rings. The molecule has 3 rings (SSSR count). The number of hydrogen-bond donors (Lipinski definition) is 2. The maximum Gasteiger partial charge on any atom is 0.330 e. The number of carbonyl (C=O) groups is 1. The molecular formula is C22H31N5O4. The van der Waals surface area contributed by atoms with Gasteiger partial charge in [0, 0.05) is 31.9 Å². The first-order chi connectivity index (χ1) is 14.9. The second kappa shape index (κ2) is 9.82. The number of ether oxygens (including phenoxy) is 1. The second-order valence-corrected chi connectivity index (χ2v) is 7.83. The van der Waals surface area contributed by atoms with Crippen molar-refractivity contribution >= 4 is 23.1 Å². The number of hydrogen-bond acceptors (Lipinski definition) is 6. The summed E-state index contributed by atoms with van der Waals surface area (Å²) in [5, 5.41) is 0. The number of nitrogen functional groups attached to an aromatic ring is 1. The molecule has 0 fully saturated rings. The van der Waals surface area contributed by atoms with Crippen LogP contribution >= 0.6 is 0 Å². The minimum absolute atomic E-state index is 0.00644. The maximum atomic E-state index is 13.5. The lowest BCUT2D eigenvalue weighted by Gasteiger charge is -2.37. The number of nitrogens with one attached hydrogen (secondary N) is 1. The van der Waals surface area contributed by atoms with E-state index in [0.29, 0.717) is 13.0 Å². The van der Waals surface area contributed by atoms with E-state index in [4.69, 9.17) is 10.5 Å². The maximum absolute atomic E-state index is 13.5. The highest BCUT2D eigenvalue weighted by Gasteiger charge is 2.29. The molecule has 1 atom stereocenters. The molecule has 1 amide bonds. The zero-order chi connectivity index (χ0) is 22.5. The van der Waals surface area contributed by atoms with Gasteiger partial charge in [-0.25, -0.2) is 4.79 Å². The summed E-state index contributed by atoms with van der Waals surface area (Å²) in [7, 11) is 1.53. The van der Waals surface area contributed by atoms with Crippen molar-refractivity contribution in [3.63, 3.8) is 0 Å². The summed E-state index contributed by atoms with van der Waals surface area (Å²) in [6, 6.07) is 8.22. The first-order valence-corrected chi connectivity index (χ1v) is 10.7. The average molecular weight is 430 g/mol. The van der Waals surface area contributed by atoms with E-state index in [-0.39, 0.29) is 43.2 Å². The number of aromatic nitrogens is 2. The highest BCUT2D eigenvalue weighted by atomic mass is 16.5. The second-order valence-electron chi connectivity index (χ2n) is 7.83. The Labute approximate surface area is 181 Å². The highest BCUT2D eigenvalue weighted by Crippen LogP contribution is 2.30. The number of amides is 1. The van der Waals surface area contributed by atoms with E-state index in [1.165, 1.54) is 22.1 Å². The number of H-pyrrole nitrogens is 1. The molecule has 3 N–H and O–H groups in total. The van der Waals surface area contributed by atoms with Crippen molar-refractivity contribution in [1.29, 1.82) is 0 Å². The minimum atomic E-state index is -0.675. The third kappa shape index (κ3) is 4.66. The Morgan fingerprint density at radius 3 is 2.77 bits per heavy atom. The Kier molecular flexibility index (Phi) is 7.17. The van der Waals surface area contributed by atoms with Gasteiger partial charge in [-0.2, -0.15) is 0 Å². The van der Waals surface area contributed by atoms with E-state index in [0.717, 1.165) is 18.5 Å². The van der Waals surface area contributed by atoms with Crippen molar-refractivity contribution in [2.75, 3.05) is 42.3 Å². The summed E-state index contributed by atoms with van der Waals surface area (Å²) in [5.74, 6) is -0.286. The monoisotopic (exact) mass is 429 g/mol. The molecule has 0 bridgehead atoms. The lowest BCUT2D eigenvalue weighted by molar-refractivity contribution is -0.117. The average Bonchev–Trinajstić information content (AvgIpc) is 2.75. The molecule has 0 spiro atoms. The molecule has 0 saturated heterocycles. The van der Waals surface area contributed by atoms with Gasteiger partial charge in [0.25, 0.3) is 5.56 Å². The van der Waals surface area contributed by atoms with Crippen LogP contribution in [0.2, 0.25) is 0 Å². The molecule has 9 heteroatoms. The number of anilines is 3. The van der Waals surface area contributed by atoms with Crippen LogP contribution in [0.5, 0.6) is 0 Å². The van der Waals surface area contributed by atoms with Gasteiger partial charge in [0.1, 0.15) is 5.82 Å². The summed E-state index contributed by atoms with van der Waals surface area (Å²) >= 11 is 0. The molecule has 0 unspecified atom stereocenters. The lowest BCUT2D eigenvalue weighted by Crippen LogP contribution is -2.49. The quantitative estimate of drug-likeness (QED) is 0.655. The predicted molar refractivity (Wildman–Crippen MR) is 122 cm³/mol. The van der Waals surface area contributed by atoms with E-state index in [9.17, 15) is 14.4 Å². The van der Waals surface area contributed by atoms with Crippen LogP contribution in [0.1, 0.15) is 32.3 Å². The molecular weight excluding hydrogens is 398 g/mol. The fourth-order valence-corrected chi connectivity index (χ4v) is 4.06. The van der Waals surface area contributed by atoms with Crippen LogP contribution in [-0.2, 0) is 22.5 Å². The van der Waals surface area contributed by atoms with Crippen molar-refractivity contribution in [2.45, 2.75) is 45.7 Å². The van der Waals surface area contributed by atoms with Gasteiger partial charge in [-0.1, -0.05) is 25.1 Å². The molecule has 1 aromatic carbocycles. The van der Waals surface area contributed by atoms with Crippen LogP contribution in [0.15, 0.2) is 33.9 Å². The third-order valence-corrected chi connectivity index (χ3v) is 5.72. The van der Waals surface area contributed by atoms with Gasteiger partial charge in [-0.05, 0) is 37.8 Å². The van der Waals surface area contributed by atoms with Gasteiger partial charge in [-0.3, -0.25) is 19.1 Å². The molecule has 9 nitrogen and oxygen atoms in total. The van der Waals surface area contributed by atoms with E-state index in [1.54, 1.807) is 0 Å². The molecule has 2 aromatic rings. The van der Waals surface area contributed by atoms with Crippen LogP contribution in [0.4, 0.5) is 17.2 Å². The van der Waals surface area contributed by atoms with Gasteiger partial charge < -0.3 is 20.3 Å². The van der Waals surface area contributed by atoms with Gasteiger partial charge >= 0.3 is 5.69 Å². The Balaban J connectivity index is 1.99. The fraction of sp³-hybridized carbons (Fsp3) is 0.500. The third-order valence-electron chi connectivity index (χ3n) is 5.72. The summed E-state index contributed by atoms with van der Waals surface area (Å²) in [6.45, 7) is 4.80. The van der Waals surface area contributed by atoms with Crippen LogP contribution in [0.3, 0.4) is 0 Å². The van der Waals surface area contributed by atoms with Crippen molar-refractivity contribution in [3.8, 4) is 0 Å². The van der Waals surface area contributed by atoms with Crippen LogP contribution in [-0.4, -0.2) is 48.3 Å². The molecule has 1 aromatic heterocycles. The van der Waals surface area contributed by atoms with Crippen LogP contribution in [0, 0.1) is 0 Å². The van der Waals surface area contributed by atoms with Crippen LogP contribution < -0.4 is 26.8 Å². The first kappa shape index (κ1) is 22.6. The normalized spacial score (nSPS) is 15.6. The van der Waals surface area contributed by atoms with E-state index < -0.39 is 11.2 Å². The van der Waals surface area contributed by atoms with E-state index >= 15 is 0 Å². The molecule has 31 heavy (non-hydrogen) atoms. The zero-order valence-corrected chi connectivity index (χ0v) is 18.4. The van der Waals surface area contributed by atoms with Crippen molar-refractivity contribution in [2.24, 2.45) is 0 Å². The number of methoxy groups -OCH3 is 1. The van der Waals surface area contributed by atoms with E-state index in [1.807, 2.05) is 25.1 Å². The number of nitrogens with two attached hydrogens (primary N) is 1. The topological polar surface area (TPSA) is 114 Å².